The average Bonchev–Trinajstić information content (AvgIpc) is 3.23. The van der Waals surface area contributed by atoms with Crippen LogP contribution in [0.4, 0.5) is 4.39 Å². The van der Waals surface area contributed by atoms with Crippen LogP contribution in [0.5, 0.6) is 0 Å². The SMILES string of the molecule is CNC1CCc2c1cn(S(=O)(=O)c1ccc(F)cc1)c2-c1cc(Cl)ccc1Cl. The first-order chi connectivity index (χ1) is 13.3. The van der Waals surface area contributed by atoms with Crippen LogP contribution in [0, 0.1) is 5.82 Å². The molecule has 0 radical (unpaired) electrons. The smallest absolute Gasteiger partial charge is 0.268 e. The Balaban J connectivity index is 2.00. The van der Waals surface area contributed by atoms with Crippen LogP contribution in [0.3, 0.4) is 0 Å². The van der Waals surface area contributed by atoms with Crippen molar-refractivity contribution < 1.29 is 12.8 Å². The molecule has 1 atom stereocenters. The predicted octanol–water partition coefficient (Wildman–Crippen LogP) is 5.04. The quantitative estimate of drug-likeness (QED) is 0.620. The molecule has 8 heteroatoms. The standard InChI is InChI=1S/C20H17Cl2FN2O2S/c1-24-19-9-7-15-17(19)11-25(20(15)16-10-12(21)2-8-18(16)22)28(26,27)14-5-3-13(23)4-6-14/h2-6,8,10-11,19,24H,7,9H2,1H3. The fourth-order valence-corrected chi connectivity index (χ4v) is 5.50. The predicted molar refractivity (Wildman–Crippen MR) is 109 cm³/mol. The lowest BCUT2D eigenvalue weighted by Crippen LogP contribution is -2.16. The molecule has 1 unspecified atom stereocenters. The molecule has 1 aliphatic carbocycles. The third-order valence-corrected chi connectivity index (χ3v) is 7.31. The first-order valence-corrected chi connectivity index (χ1v) is 10.9. The van der Waals surface area contributed by atoms with E-state index in [2.05, 4.69) is 5.32 Å². The van der Waals surface area contributed by atoms with Gasteiger partial charge in [-0.1, -0.05) is 23.2 Å². The molecule has 0 fully saturated rings. The number of aromatic nitrogens is 1. The van der Waals surface area contributed by atoms with Crippen molar-refractivity contribution in [3.63, 3.8) is 0 Å². The zero-order valence-corrected chi connectivity index (χ0v) is 17.2. The van der Waals surface area contributed by atoms with Gasteiger partial charge < -0.3 is 5.32 Å². The summed E-state index contributed by atoms with van der Waals surface area (Å²) in [4.78, 5) is 0.00276. The molecule has 0 spiro atoms. The van der Waals surface area contributed by atoms with Crippen molar-refractivity contribution in [1.82, 2.24) is 9.29 Å². The van der Waals surface area contributed by atoms with Gasteiger partial charge in [-0.25, -0.2) is 16.8 Å². The van der Waals surface area contributed by atoms with Gasteiger partial charge in [-0.2, -0.15) is 0 Å². The molecule has 4 rings (SSSR count). The fraction of sp³-hybridized carbons (Fsp3) is 0.200. The van der Waals surface area contributed by atoms with E-state index < -0.39 is 15.8 Å². The van der Waals surface area contributed by atoms with Crippen molar-refractivity contribution in [2.45, 2.75) is 23.8 Å². The summed E-state index contributed by atoms with van der Waals surface area (Å²) in [5, 5.41) is 4.09. The van der Waals surface area contributed by atoms with E-state index in [1.807, 2.05) is 7.05 Å². The Kier molecular flexibility index (Phi) is 5.00. The van der Waals surface area contributed by atoms with E-state index in [1.165, 1.54) is 16.1 Å². The molecule has 1 N–H and O–H groups in total. The molecule has 0 bridgehead atoms. The highest BCUT2D eigenvalue weighted by atomic mass is 35.5. The number of nitrogens with one attached hydrogen (secondary N) is 1. The van der Waals surface area contributed by atoms with Crippen molar-refractivity contribution in [3.05, 3.63) is 75.7 Å². The minimum atomic E-state index is -3.95. The lowest BCUT2D eigenvalue weighted by Gasteiger charge is -2.14. The van der Waals surface area contributed by atoms with Gasteiger partial charge in [-0.3, -0.25) is 0 Å². The zero-order valence-electron chi connectivity index (χ0n) is 14.9. The molecule has 1 aliphatic rings. The summed E-state index contributed by atoms with van der Waals surface area (Å²) in [5.74, 6) is -0.498. The van der Waals surface area contributed by atoms with E-state index in [9.17, 15) is 12.8 Å². The van der Waals surface area contributed by atoms with Crippen LogP contribution in [0.15, 0.2) is 53.6 Å². The molecule has 1 heterocycles. The Morgan fingerprint density at radius 2 is 1.86 bits per heavy atom. The molecule has 146 valence electrons. The van der Waals surface area contributed by atoms with Crippen LogP contribution in [0.25, 0.3) is 11.3 Å². The first-order valence-electron chi connectivity index (χ1n) is 8.71. The Hall–Kier alpha value is -1.86. The summed E-state index contributed by atoms with van der Waals surface area (Å²) >= 11 is 12.6. The Labute approximate surface area is 173 Å². The number of rotatable bonds is 4. The minimum absolute atomic E-state index is 0.00276. The molecule has 0 aliphatic heterocycles. The summed E-state index contributed by atoms with van der Waals surface area (Å²) in [6.45, 7) is 0. The summed E-state index contributed by atoms with van der Waals surface area (Å²) in [5.41, 5.74) is 2.90. The number of hydrogen-bond acceptors (Lipinski definition) is 3. The molecule has 28 heavy (non-hydrogen) atoms. The molecular formula is C20H17Cl2FN2O2S. The van der Waals surface area contributed by atoms with Gasteiger partial charge in [-0.05, 0) is 73.5 Å². The lowest BCUT2D eigenvalue weighted by molar-refractivity contribution is 0.578. The van der Waals surface area contributed by atoms with Gasteiger partial charge in [0.15, 0.2) is 0 Å². The Bertz CT molecular complexity index is 1160. The molecule has 0 saturated carbocycles. The van der Waals surface area contributed by atoms with Crippen LogP contribution in [-0.2, 0) is 16.4 Å². The number of fused-ring (bicyclic) bond motifs is 1. The molecule has 0 saturated heterocycles. The molecule has 1 aromatic heterocycles. The minimum Gasteiger partial charge on any atom is -0.313 e. The third-order valence-electron chi connectivity index (χ3n) is 5.07. The van der Waals surface area contributed by atoms with Gasteiger partial charge in [0.2, 0.25) is 0 Å². The van der Waals surface area contributed by atoms with Crippen LogP contribution in [0.2, 0.25) is 10.0 Å². The maximum atomic E-state index is 13.4. The van der Waals surface area contributed by atoms with E-state index in [1.54, 1.807) is 24.4 Å². The molecule has 4 nitrogen and oxygen atoms in total. The topological polar surface area (TPSA) is 51.1 Å². The number of nitrogens with zero attached hydrogens (tertiary/aromatic N) is 1. The summed E-state index contributed by atoms with van der Waals surface area (Å²) in [6.07, 6.45) is 3.21. The van der Waals surface area contributed by atoms with Gasteiger partial charge >= 0.3 is 0 Å². The lowest BCUT2D eigenvalue weighted by atomic mass is 10.1. The van der Waals surface area contributed by atoms with Crippen LogP contribution >= 0.6 is 23.2 Å². The van der Waals surface area contributed by atoms with Crippen molar-refractivity contribution in [3.8, 4) is 11.3 Å². The highest BCUT2D eigenvalue weighted by Crippen LogP contribution is 2.43. The molecule has 3 aromatic rings. The Morgan fingerprint density at radius 1 is 1.14 bits per heavy atom. The summed E-state index contributed by atoms with van der Waals surface area (Å²) in [6, 6.07) is 9.81. The van der Waals surface area contributed by atoms with Crippen molar-refractivity contribution in [2.75, 3.05) is 7.05 Å². The van der Waals surface area contributed by atoms with E-state index >= 15 is 0 Å². The van der Waals surface area contributed by atoms with E-state index in [0.717, 1.165) is 29.7 Å². The zero-order chi connectivity index (χ0) is 20.1. The van der Waals surface area contributed by atoms with Gasteiger partial charge in [0.05, 0.1) is 15.6 Å². The van der Waals surface area contributed by atoms with E-state index in [0.29, 0.717) is 27.7 Å². The fourth-order valence-electron chi connectivity index (χ4n) is 3.72. The van der Waals surface area contributed by atoms with E-state index in [-0.39, 0.29) is 10.9 Å². The second kappa shape index (κ2) is 7.19. The first kappa shape index (κ1) is 19.5. The third kappa shape index (κ3) is 3.14. The normalized spacial score (nSPS) is 16.4. The van der Waals surface area contributed by atoms with Crippen molar-refractivity contribution in [2.24, 2.45) is 0 Å². The van der Waals surface area contributed by atoms with E-state index in [4.69, 9.17) is 23.2 Å². The Morgan fingerprint density at radius 3 is 2.54 bits per heavy atom. The maximum Gasteiger partial charge on any atom is 0.268 e. The maximum absolute atomic E-state index is 13.4. The largest absolute Gasteiger partial charge is 0.313 e. The van der Waals surface area contributed by atoms with Crippen molar-refractivity contribution >= 4 is 33.2 Å². The van der Waals surface area contributed by atoms with Crippen LogP contribution < -0.4 is 5.32 Å². The molecule has 2 aromatic carbocycles. The van der Waals surface area contributed by atoms with Crippen molar-refractivity contribution in [1.29, 1.82) is 0 Å². The van der Waals surface area contributed by atoms with Gasteiger partial charge in [0.25, 0.3) is 10.0 Å². The van der Waals surface area contributed by atoms with Gasteiger partial charge in [0, 0.05) is 22.8 Å². The average molecular weight is 439 g/mol. The monoisotopic (exact) mass is 438 g/mol. The van der Waals surface area contributed by atoms with Gasteiger partial charge in [0.1, 0.15) is 5.82 Å². The van der Waals surface area contributed by atoms with Crippen LogP contribution in [-0.4, -0.2) is 19.4 Å². The second-order valence-electron chi connectivity index (χ2n) is 6.67. The summed E-state index contributed by atoms with van der Waals surface area (Å²) in [7, 11) is -2.11. The second-order valence-corrected chi connectivity index (χ2v) is 9.33. The number of benzene rings is 2. The molecule has 0 amide bonds. The molecular weight excluding hydrogens is 422 g/mol. The number of hydrogen-bond donors (Lipinski definition) is 1. The summed E-state index contributed by atoms with van der Waals surface area (Å²) < 4.78 is 41.3. The number of halogens is 3. The van der Waals surface area contributed by atoms with Gasteiger partial charge in [-0.15, -0.1) is 0 Å². The highest BCUT2D eigenvalue weighted by molar-refractivity contribution is 7.90. The highest BCUT2D eigenvalue weighted by Gasteiger charge is 2.33. The van der Waals surface area contributed by atoms with Crippen LogP contribution in [0.1, 0.15) is 23.6 Å².